The third kappa shape index (κ3) is 1.88. The fraction of sp³-hybridized carbons (Fsp3) is 0.273. The summed E-state index contributed by atoms with van der Waals surface area (Å²) in [7, 11) is -1.96. The fourth-order valence-electron chi connectivity index (χ4n) is 1.63. The molecule has 0 aliphatic heterocycles. The highest BCUT2D eigenvalue weighted by Gasteiger charge is 2.23. The van der Waals surface area contributed by atoms with Gasteiger partial charge in [0.15, 0.2) is 0 Å². The maximum Gasteiger partial charge on any atom is 0.319 e. The number of nitrogens with two attached hydrogens (primary N) is 1. The molecule has 0 radical (unpaired) electrons. The van der Waals surface area contributed by atoms with Gasteiger partial charge >= 0.3 is 8.48 Å². The van der Waals surface area contributed by atoms with Crippen LogP contribution in [-0.4, -0.2) is 8.48 Å². The van der Waals surface area contributed by atoms with E-state index in [-0.39, 0.29) is 0 Å². The van der Waals surface area contributed by atoms with Gasteiger partial charge in [0.1, 0.15) is 5.76 Å². The van der Waals surface area contributed by atoms with Crippen molar-refractivity contribution in [3.63, 3.8) is 0 Å². The van der Waals surface area contributed by atoms with Crippen LogP contribution in [0.4, 0.5) is 0 Å². The highest BCUT2D eigenvalue weighted by Crippen LogP contribution is 2.29. The summed E-state index contributed by atoms with van der Waals surface area (Å²) >= 11 is 0. The molecule has 0 saturated heterocycles. The van der Waals surface area contributed by atoms with E-state index in [4.69, 9.17) is 9.83 Å². The number of hydrogen-bond donors (Lipinski definition) is 1. The minimum Gasteiger partial charge on any atom is -0.530 e. The molecule has 0 atom stereocenters. The highest BCUT2D eigenvalue weighted by molar-refractivity contribution is 6.68. The smallest absolute Gasteiger partial charge is 0.319 e. The molecule has 0 saturated carbocycles. The third-order valence-corrected chi connectivity index (χ3v) is 2.91. The van der Waals surface area contributed by atoms with Crippen LogP contribution >= 0.6 is 0 Å². The molecule has 1 aliphatic rings. The third-order valence-electron chi connectivity index (χ3n) is 2.16. The number of hydrogen-bond acceptors (Lipinski definition) is 2. The Labute approximate surface area is 85.6 Å². The first-order chi connectivity index (χ1) is 6.56. The molecule has 1 aromatic rings. The molecule has 2 rings (SSSR count). The van der Waals surface area contributed by atoms with Gasteiger partial charge in [0.05, 0.1) is 0 Å². The molecule has 3 heteroatoms. The molecule has 2 N–H and O–H groups in total. The Morgan fingerprint density at radius 3 is 2.71 bits per heavy atom. The van der Waals surface area contributed by atoms with Crippen molar-refractivity contribution in [2.24, 2.45) is 5.40 Å². The number of fused-ring (bicyclic) bond motifs is 1. The second-order valence-electron chi connectivity index (χ2n) is 4.14. The average molecular weight is 205 g/mol. The first-order valence-corrected chi connectivity index (χ1v) is 7.81. The summed E-state index contributed by atoms with van der Waals surface area (Å²) in [6, 6.07) is 8.31. The van der Waals surface area contributed by atoms with Gasteiger partial charge in [0.2, 0.25) is 0 Å². The zero-order valence-corrected chi connectivity index (χ0v) is 9.58. The molecule has 0 amide bonds. The lowest BCUT2D eigenvalue weighted by Gasteiger charge is -2.19. The maximum absolute atomic E-state index is 5.95. The van der Waals surface area contributed by atoms with Crippen LogP contribution in [-0.2, 0) is 10.8 Å². The molecule has 1 aliphatic carbocycles. The molecule has 74 valence electrons. The molecule has 0 fully saturated rings. The SMILES string of the molecule is C[Si](C)(N)OC1=CCc2ccccc21. The molecule has 0 aromatic heterocycles. The summed E-state index contributed by atoms with van der Waals surface area (Å²) in [5, 5.41) is 5.95. The normalized spacial score (nSPS) is 14.9. The topological polar surface area (TPSA) is 35.2 Å². The van der Waals surface area contributed by atoms with Crippen molar-refractivity contribution in [1.29, 1.82) is 0 Å². The fourth-order valence-corrected chi connectivity index (χ4v) is 2.39. The minimum absolute atomic E-state index is 0.968. The van der Waals surface area contributed by atoms with Crippen molar-refractivity contribution in [3.8, 4) is 0 Å². The van der Waals surface area contributed by atoms with Gasteiger partial charge in [-0.3, -0.25) is 0 Å². The number of benzene rings is 1. The highest BCUT2D eigenvalue weighted by atomic mass is 28.4. The van der Waals surface area contributed by atoms with Gasteiger partial charge in [-0.1, -0.05) is 24.3 Å². The average Bonchev–Trinajstić information content (AvgIpc) is 2.47. The van der Waals surface area contributed by atoms with Crippen molar-refractivity contribution >= 4 is 14.2 Å². The van der Waals surface area contributed by atoms with Crippen LogP contribution in [0.15, 0.2) is 30.3 Å². The molecular formula is C11H15NOSi. The Kier molecular flexibility index (Phi) is 2.21. The summed E-state index contributed by atoms with van der Waals surface area (Å²) in [4.78, 5) is 0. The van der Waals surface area contributed by atoms with Crippen LogP contribution in [0.25, 0.3) is 5.76 Å². The van der Waals surface area contributed by atoms with E-state index in [1.54, 1.807) is 0 Å². The molecule has 0 unspecified atom stereocenters. The summed E-state index contributed by atoms with van der Waals surface area (Å²) in [6.07, 6.45) is 3.09. The van der Waals surface area contributed by atoms with Crippen molar-refractivity contribution in [2.45, 2.75) is 19.5 Å². The van der Waals surface area contributed by atoms with Crippen molar-refractivity contribution in [3.05, 3.63) is 41.5 Å². The quantitative estimate of drug-likeness (QED) is 0.752. The summed E-state index contributed by atoms with van der Waals surface area (Å²) in [5.74, 6) is 0.972. The van der Waals surface area contributed by atoms with Crippen molar-refractivity contribution in [2.75, 3.05) is 0 Å². The maximum atomic E-state index is 5.95. The van der Waals surface area contributed by atoms with E-state index >= 15 is 0 Å². The number of allylic oxidation sites excluding steroid dienone is 1. The zero-order chi connectivity index (χ0) is 10.2. The molecule has 0 heterocycles. The second-order valence-corrected chi connectivity index (χ2v) is 7.55. The molecule has 0 spiro atoms. The largest absolute Gasteiger partial charge is 0.530 e. The van der Waals surface area contributed by atoms with Gasteiger partial charge in [0.25, 0.3) is 0 Å². The van der Waals surface area contributed by atoms with E-state index in [0.717, 1.165) is 12.2 Å². The lowest BCUT2D eigenvalue weighted by Crippen LogP contribution is -2.41. The standard InChI is InChI=1S/C11H15NOSi/c1-14(2,12)13-11-8-7-9-5-3-4-6-10(9)11/h3-6,8H,7,12H2,1-2H3. The van der Waals surface area contributed by atoms with Crippen LogP contribution in [0.2, 0.25) is 13.1 Å². The van der Waals surface area contributed by atoms with Gasteiger partial charge < -0.3 is 9.83 Å². The van der Waals surface area contributed by atoms with E-state index < -0.39 is 8.48 Å². The Morgan fingerprint density at radius 2 is 2.00 bits per heavy atom. The predicted octanol–water partition coefficient (Wildman–Crippen LogP) is 2.26. The van der Waals surface area contributed by atoms with Crippen molar-refractivity contribution < 1.29 is 4.43 Å². The summed E-state index contributed by atoms with van der Waals surface area (Å²) in [6.45, 7) is 3.99. The Hall–Kier alpha value is -1.06. The minimum atomic E-state index is -1.96. The molecule has 0 bridgehead atoms. The van der Waals surface area contributed by atoms with Crippen LogP contribution < -0.4 is 5.40 Å². The van der Waals surface area contributed by atoms with E-state index in [1.807, 2.05) is 19.2 Å². The lowest BCUT2D eigenvalue weighted by atomic mass is 10.1. The van der Waals surface area contributed by atoms with E-state index in [1.165, 1.54) is 11.1 Å². The van der Waals surface area contributed by atoms with Gasteiger partial charge in [0, 0.05) is 5.56 Å². The van der Waals surface area contributed by atoms with Crippen LogP contribution in [0.5, 0.6) is 0 Å². The van der Waals surface area contributed by atoms with Gasteiger partial charge in [-0.2, -0.15) is 0 Å². The van der Waals surface area contributed by atoms with E-state index in [0.29, 0.717) is 0 Å². The lowest BCUT2D eigenvalue weighted by molar-refractivity contribution is 0.509. The van der Waals surface area contributed by atoms with E-state index in [9.17, 15) is 0 Å². The Morgan fingerprint density at radius 1 is 1.29 bits per heavy atom. The number of rotatable bonds is 2. The second kappa shape index (κ2) is 3.26. The molecule has 2 nitrogen and oxygen atoms in total. The summed E-state index contributed by atoms with van der Waals surface area (Å²) in [5.41, 5.74) is 2.54. The van der Waals surface area contributed by atoms with Crippen molar-refractivity contribution in [1.82, 2.24) is 0 Å². The van der Waals surface area contributed by atoms with Gasteiger partial charge in [-0.15, -0.1) is 0 Å². The molecular weight excluding hydrogens is 190 g/mol. The first-order valence-electron chi connectivity index (χ1n) is 4.82. The molecule has 1 aromatic carbocycles. The Bertz CT molecular complexity index is 379. The van der Waals surface area contributed by atoms with Crippen LogP contribution in [0.3, 0.4) is 0 Å². The predicted molar refractivity (Wildman–Crippen MR) is 60.9 cm³/mol. The van der Waals surface area contributed by atoms with E-state index in [2.05, 4.69) is 24.3 Å². The zero-order valence-electron chi connectivity index (χ0n) is 8.58. The van der Waals surface area contributed by atoms with Gasteiger partial charge in [-0.25, -0.2) is 0 Å². The Balaban J connectivity index is 2.25. The summed E-state index contributed by atoms with van der Waals surface area (Å²) < 4.78 is 5.80. The molecule has 14 heavy (non-hydrogen) atoms. The first kappa shape index (κ1) is 9.49. The monoisotopic (exact) mass is 205 g/mol. The van der Waals surface area contributed by atoms with Crippen LogP contribution in [0, 0.1) is 0 Å². The van der Waals surface area contributed by atoms with Gasteiger partial charge in [-0.05, 0) is 31.2 Å². The van der Waals surface area contributed by atoms with Crippen LogP contribution in [0.1, 0.15) is 11.1 Å².